The second kappa shape index (κ2) is 5.45. The molecule has 1 spiro atoms. The van der Waals surface area contributed by atoms with Crippen LogP contribution in [0.1, 0.15) is 30.4 Å². The van der Waals surface area contributed by atoms with Crippen molar-refractivity contribution in [1.82, 2.24) is 4.98 Å². The minimum atomic E-state index is -2.86. The van der Waals surface area contributed by atoms with E-state index in [2.05, 4.69) is 41.9 Å². The molecule has 0 amide bonds. The van der Waals surface area contributed by atoms with Crippen LogP contribution in [0.2, 0.25) is 0 Å². The highest BCUT2D eigenvalue weighted by Gasteiger charge is 2.45. The maximum absolute atomic E-state index is 12.0. The van der Waals surface area contributed by atoms with E-state index in [0.717, 1.165) is 37.9 Å². The third-order valence-electron chi connectivity index (χ3n) is 5.70. The van der Waals surface area contributed by atoms with Crippen LogP contribution >= 0.6 is 0 Å². The summed E-state index contributed by atoms with van der Waals surface area (Å²) in [7, 11) is -2.86. The minimum absolute atomic E-state index is 0.0526. The summed E-state index contributed by atoms with van der Waals surface area (Å²) in [6.07, 6.45) is 4.86. The van der Waals surface area contributed by atoms with Crippen molar-refractivity contribution in [3.63, 3.8) is 0 Å². The monoisotopic (exact) mass is 344 g/mol. The molecule has 0 saturated carbocycles. The van der Waals surface area contributed by atoms with Gasteiger partial charge in [0, 0.05) is 30.1 Å². The topological polar surface area (TPSA) is 50.3 Å². The van der Waals surface area contributed by atoms with Gasteiger partial charge in [-0.25, -0.2) is 8.42 Å². The number of anilines is 1. The van der Waals surface area contributed by atoms with E-state index in [0.29, 0.717) is 11.5 Å². The molecule has 2 aromatic rings. The Bertz CT molecular complexity index is 907. The van der Waals surface area contributed by atoms with Gasteiger partial charge in [-0.2, -0.15) is 0 Å². The number of hydrogen-bond donors (Lipinski definition) is 0. The molecule has 0 aliphatic carbocycles. The largest absolute Gasteiger partial charge is 0.370 e. The summed E-state index contributed by atoms with van der Waals surface area (Å²) in [4.78, 5) is 7.05. The summed E-state index contributed by atoms with van der Waals surface area (Å²) >= 11 is 0. The Morgan fingerprint density at radius 1 is 1.17 bits per heavy atom. The summed E-state index contributed by atoms with van der Waals surface area (Å²) < 4.78 is 24.1. The average molecular weight is 344 g/mol. The van der Waals surface area contributed by atoms with Crippen molar-refractivity contribution in [3.05, 3.63) is 35.5 Å². The van der Waals surface area contributed by atoms with E-state index in [1.165, 1.54) is 22.2 Å². The smallest absolute Gasteiger partial charge is 0.150 e. The lowest BCUT2D eigenvalue weighted by atomic mass is 9.79. The molecule has 4 rings (SSSR count). The molecule has 1 aromatic carbocycles. The van der Waals surface area contributed by atoms with E-state index in [1.54, 1.807) is 0 Å². The zero-order valence-corrected chi connectivity index (χ0v) is 15.2. The van der Waals surface area contributed by atoms with Crippen LogP contribution in [0, 0.1) is 19.3 Å². The minimum Gasteiger partial charge on any atom is -0.370 e. The van der Waals surface area contributed by atoms with Gasteiger partial charge in [0.2, 0.25) is 0 Å². The Hall–Kier alpha value is -1.62. The van der Waals surface area contributed by atoms with Crippen molar-refractivity contribution < 1.29 is 8.42 Å². The van der Waals surface area contributed by atoms with Crippen molar-refractivity contribution in [2.24, 2.45) is 5.41 Å². The summed E-state index contributed by atoms with van der Waals surface area (Å²) in [5.74, 6) is 0.716. The highest BCUT2D eigenvalue weighted by atomic mass is 32.2. The lowest BCUT2D eigenvalue weighted by molar-refractivity contribution is 0.270. The Kier molecular flexibility index (Phi) is 3.60. The Labute approximate surface area is 143 Å². The third-order valence-corrected chi connectivity index (χ3v) is 7.58. The van der Waals surface area contributed by atoms with Gasteiger partial charge in [0.25, 0.3) is 0 Å². The fourth-order valence-corrected chi connectivity index (χ4v) is 6.78. The van der Waals surface area contributed by atoms with Gasteiger partial charge in [-0.3, -0.25) is 4.98 Å². The molecule has 1 unspecified atom stereocenters. The summed E-state index contributed by atoms with van der Waals surface area (Å²) in [6.45, 7) is 6.04. The van der Waals surface area contributed by atoms with Gasteiger partial charge in [0.15, 0.2) is 9.84 Å². The fraction of sp³-hybridized carbons (Fsp3) is 0.526. The first-order valence-electron chi connectivity index (χ1n) is 8.70. The first-order chi connectivity index (χ1) is 11.4. The number of nitrogens with zero attached hydrogens (tertiary/aromatic N) is 2. The SMILES string of the molecule is Cc1cnc2c(C)cccc2c1N1CCCC2(CCS(=O)(=O)C2)C1. The van der Waals surface area contributed by atoms with Crippen molar-refractivity contribution in [2.75, 3.05) is 29.5 Å². The standard InChI is InChI=1S/C19H24N2O2S/c1-14-5-3-6-16-17(14)20-11-15(2)18(16)21-9-4-7-19(12-21)8-10-24(22,23)13-19/h3,5-6,11H,4,7-10,12-13H2,1-2H3. The number of aryl methyl sites for hydroxylation is 2. The van der Waals surface area contributed by atoms with Crippen LogP contribution in [0.25, 0.3) is 10.9 Å². The first kappa shape index (κ1) is 15.9. The highest BCUT2D eigenvalue weighted by molar-refractivity contribution is 7.91. The number of para-hydroxylation sites is 1. The van der Waals surface area contributed by atoms with Crippen LogP contribution in [-0.4, -0.2) is 38.0 Å². The third kappa shape index (κ3) is 2.59. The molecule has 4 nitrogen and oxygen atoms in total. The highest BCUT2D eigenvalue weighted by Crippen LogP contribution is 2.43. The lowest BCUT2D eigenvalue weighted by Crippen LogP contribution is -2.44. The molecular formula is C19H24N2O2S. The van der Waals surface area contributed by atoms with Crippen LogP contribution in [-0.2, 0) is 9.84 Å². The van der Waals surface area contributed by atoms with Gasteiger partial charge in [-0.05, 0) is 44.2 Å². The Morgan fingerprint density at radius 2 is 2.00 bits per heavy atom. The van der Waals surface area contributed by atoms with Crippen molar-refractivity contribution in [1.29, 1.82) is 0 Å². The van der Waals surface area contributed by atoms with E-state index >= 15 is 0 Å². The molecule has 24 heavy (non-hydrogen) atoms. The predicted molar refractivity (Wildman–Crippen MR) is 98.4 cm³/mol. The summed E-state index contributed by atoms with van der Waals surface area (Å²) in [5.41, 5.74) is 4.60. The number of benzene rings is 1. The molecule has 0 N–H and O–H groups in total. The lowest BCUT2D eigenvalue weighted by Gasteiger charge is -2.42. The van der Waals surface area contributed by atoms with Crippen LogP contribution in [0.5, 0.6) is 0 Å². The Balaban J connectivity index is 1.78. The van der Waals surface area contributed by atoms with E-state index < -0.39 is 9.84 Å². The molecule has 128 valence electrons. The maximum atomic E-state index is 12.0. The molecular weight excluding hydrogens is 320 g/mol. The zero-order chi connectivity index (χ0) is 16.9. The number of pyridine rings is 1. The fourth-order valence-electron chi connectivity index (χ4n) is 4.58. The predicted octanol–water partition coefficient (Wildman–Crippen LogP) is 3.26. The van der Waals surface area contributed by atoms with Crippen LogP contribution in [0.15, 0.2) is 24.4 Å². The number of piperidine rings is 1. The summed E-state index contributed by atoms with van der Waals surface area (Å²) in [6, 6.07) is 6.32. The van der Waals surface area contributed by atoms with Gasteiger partial charge >= 0.3 is 0 Å². The van der Waals surface area contributed by atoms with Crippen molar-refractivity contribution in [2.45, 2.75) is 33.1 Å². The van der Waals surface area contributed by atoms with Crippen molar-refractivity contribution >= 4 is 26.4 Å². The molecule has 2 aliphatic rings. The first-order valence-corrected chi connectivity index (χ1v) is 10.5. The molecule has 1 atom stereocenters. The normalized spacial score (nSPS) is 26.3. The second-order valence-corrected chi connectivity index (χ2v) is 9.81. The molecule has 2 fully saturated rings. The van der Waals surface area contributed by atoms with Crippen LogP contribution in [0.4, 0.5) is 5.69 Å². The molecule has 5 heteroatoms. The Morgan fingerprint density at radius 3 is 2.75 bits per heavy atom. The quantitative estimate of drug-likeness (QED) is 0.797. The molecule has 0 radical (unpaired) electrons. The number of rotatable bonds is 1. The van der Waals surface area contributed by atoms with Gasteiger partial charge < -0.3 is 4.90 Å². The molecule has 1 aromatic heterocycles. The van der Waals surface area contributed by atoms with Crippen LogP contribution in [0.3, 0.4) is 0 Å². The molecule has 0 bridgehead atoms. The molecule has 2 saturated heterocycles. The zero-order valence-electron chi connectivity index (χ0n) is 14.4. The van der Waals surface area contributed by atoms with Crippen molar-refractivity contribution in [3.8, 4) is 0 Å². The van der Waals surface area contributed by atoms with E-state index in [9.17, 15) is 8.42 Å². The maximum Gasteiger partial charge on any atom is 0.150 e. The van der Waals surface area contributed by atoms with Gasteiger partial charge in [0.05, 0.1) is 22.7 Å². The van der Waals surface area contributed by atoms with Gasteiger partial charge in [-0.15, -0.1) is 0 Å². The van der Waals surface area contributed by atoms with Crippen LogP contribution < -0.4 is 4.90 Å². The number of sulfone groups is 1. The second-order valence-electron chi connectivity index (χ2n) is 7.63. The molecule has 3 heterocycles. The van der Waals surface area contributed by atoms with Gasteiger partial charge in [-0.1, -0.05) is 18.2 Å². The van der Waals surface area contributed by atoms with E-state index in [4.69, 9.17) is 0 Å². The average Bonchev–Trinajstić information content (AvgIpc) is 2.82. The number of hydrogen-bond acceptors (Lipinski definition) is 4. The molecule has 2 aliphatic heterocycles. The van der Waals surface area contributed by atoms with E-state index in [1.807, 2.05) is 6.20 Å². The number of aromatic nitrogens is 1. The van der Waals surface area contributed by atoms with Gasteiger partial charge in [0.1, 0.15) is 0 Å². The summed E-state index contributed by atoms with van der Waals surface area (Å²) in [5, 5.41) is 1.19. The number of fused-ring (bicyclic) bond motifs is 1. The van der Waals surface area contributed by atoms with E-state index in [-0.39, 0.29) is 5.41 Å².